The second-order valence-electron chi connectivity index (χ2n) is 5.69. The molecule has 3 heterocycles. The molecule has 0 saturated heterocycles. The van der Waals surface area contributed by atoms with E-state index in [0.29, 0.717) is 16.7 Å². The number of pyridine rings is 1. The van der Waals surface area contributed by atoms with Crippen LogP contribution in [0, 0.1) is 11.6 Å². The maximum absolute atomic E-state index is 14.4. The van der Waals surface area contributed by atoms with E-state index in [1.165, 1.54) is 18.5 Å². The fourth-order valence-corrected chi connectivity index (χ4v) is 2.52. The molecule has 0 atom stereocenters. The Hall–Kier alpha value is -4.02. The minimum absolute atomic E-state index is 0.0680. The van der Waals surface area contributed by atoms with Gasteiger partial charge in [0.1, 0.15) is 17.1 Å². The molecule has 9 nitrogen and oxygen atoms in total. The molecule has 28 heavy (non-hydrogen) atoms. The topological polar surface area (TPSA) is 121 Å². The predicted molar refractivity (Wildman–Crippen MR) is 94.8 cm³/mol. The number of fused-ring (bicyclic) bond motifs is 1. The Morgan fingerprint density at radius 2 is 2.04 bits per heavy atom. The molecule has 11 heteroatoms. The molecule has 0 fully saturated rings. The van der Waals surface area contributed by atoms with Crippen molar-refractivity contribution in [3.63, 3.8) is 0 Å². The second kappa shape index (κ2) is 7.31. The average Bonchev–Trinajstić information content (AvgIpc) is 3.34. The summed E-state index contributed by atoms with van der Waals surface area (Å²) in [5.74, 6) is -2.27. The Labute approximate surface area is 156 Å². The maximum atomic E-state index is 14.4. The number of aromatic amines is 2. The van der Waals surface area contributed by atoms with Gasteiger partial charge in [0, 0.05) is 30.2 Å². The zero-order valence-corrected chi connectivity index (χ0v) is 14.2. The lowest BCUT2D eigenvalue weighted by molar-refractivity contribution is 0.251. The molecule has 0 spiro atoms. The number of urea groups is 1. The van der Waals surface area contributed by atoms with Gasteiger partial charge in [-0.3, -0.25) is 0 Å². The molecule has 0 aliphatic heterocycles. The van der Waals surface area contributed by atoms with Gasteiger partial charge in [0.05, 0.1) is 18.1 Å². The number of hydrogen-bond donors (Lipinski definition) is 4. The molecule has 0 aliphatic carbocycles. The number of benzene rings is 1. The minimum atomic E-state index is -0.965. The van der Waals surface area contributed by atoms with E-state index in [-0.39, 0.29) is 18.0 Å². The highest BCUT2D eigenvalue weighted by Crippen LogP contribution is 2.33. The molecule has 0 unspecified atom stereocenters. The van der Waals surface area contributed by atoms with Crippen LogP contribution in [0.5, 0.6) is 11.5 Å². The Kier molecular flexibility index (Phi) is 4.54. The van der Waals surface area contributed by atoms with Crippen molar-refractivity contribution in [2.75, 3.05) is 5.32 Å². The van der Waals surface area contributed by atoms with Gasteiger partial charge in [0.15, 0.2) is 17.4 Å². The van der Waals surface area contributed by atoms with Crippen LogP contribution in [0.25, 0.3) is 11.0 Å². The summed E-state index contributed by atoms with van der Waals surface area (Å²) in [4.78, 5) is 18.8. The quantitative estimate of drug-likeness (QED) is 0.421. The highest BCUT2D eigenvalue weighted by molar-refractivity contribution is 5.89. The smallest absolute Gasteiger partial charge is 0.319 e. The summed E-state index contributed by atoms with van der Waals surface area (Å²) in [5, 5.41) is 15.2. The third-order valence-corrected chi connectivity index (χ3v) is 3.78. The largest absolute Gasteiger partial charge is 0.450 e. The normalized spacial score (nSPS) is 10.8. The summed E-state index contributed by atoms with van der Waals surface area (Å²) in [6.45, 7) is 0.100. The van der Waals surface area contributed by atoms with Gasteiger partial charge < -0.3 is 20.4 Å². The number of H-pyrrole nitrogens is 2. The number of nitrogens with one attached hydrogen (secondary N) is 4. The zero-order chi connectivity index (χ0) is 19.5. The fourth-order valence-electron chi connectivity index (χ4n) is 2.52. The third-order valence-electron chi connectivity index (χ3n) is 3.78. The van der Waals surface area contributed by atoms with E-state index >= 15 is 0 Å². The van der Waals surface area contributed by atoms with Crippen molar-refractivity contribution in [3.8, 4) is 11.5 Å². The number of halogens is 2. The molecule has 2 amide bonds. The third kappa shape index (κ3) is 3.58. The van der Waals surface area contributed by atoms with Crippen LogP contribution < -0.4 is 15.4 Å². The fraction of sp³-hybridized carbons (Fsp3) is 0.0588. The van der Waals surface area contributed by atoms with Gasteiger partial charge in [0.2, 0.25) is 0 Å². The van der Waals surface area contributed by atoms with Crippen LogP contribution in [0.3, 0.4) is 0 Å². The van der Waals surface area contributed by atoms with E-state index in [9.17, 15) is 13.6 Å². The van der Waals surface area contributed by atoms with E-state index in [0.717, 1.165) is 12.1 Å². The highest BCUT2D eigenvalue weighted by atomic mass is 19.1. The number of nitrogens with zero attached hydrogens (tertiary/aromatic N) is 3. The van der Waals surface area contributed by atoms with Crippen molar-refractivity contribution in [2.24, 2.45) is 0 Å². The van der Waals surface area contributed by atoms with Crippen molar-refractivity contribution in [1.82, 2.24) is 30.7 Å². The first-order chi connectivity index (χ1) is 13.6. The maximum Gasteiger partial charge on any atom is 0.319 e. The Morgan fingerprint density at radius 1 is 1.21 bits per heavy atom. The van der Waals surface area contributed by atoms with E-state index in [1.807, 2.05) is 0 Å². The SMILES string of the molecule is O=C(NCc1cn[nH]n1)Nc1cc(F)c(Oc2ccnc3[nH]ccc23)c(F)c1. The molecular weight excluding hydrogens is 372 g/mol. The zero-order valence-electron chi connectivity index (χ0n) is 14.2. The number of hydrogen-bond acceptors (Lipinski definition) is 5. The van der Waals surface area contributed by atoms with E-state index in [4.69, 9.17) is 4.74 Å². The van der Waals surface area contributed by atoms with Crippen LogP contribution >= 0.6 is 0 Å². The molecule has 142 valence electrons. The Bertz CT molecular complexity index is 1100. The molecule has 4 aromatic rings. The van der Waals surface area contributed by atoms with Gasteiger partial charge >= 0.3 is 6.03 Å². The minimum Gasteiger partial charge on any atom is -0.450 e. The average molecular weight is 385 g/mol. The van der Waals surface area contributed by atoms with E-state index < -0.39 is 23.4 Å². The predicted octanol–water partition coefficient (Wildman–Crippen LogP) is 3.07. The summed E-state index contributed by atoms with van der Waals surface area (Å²) >= 11 is 0. The Morgan fingerprint density at radius 3 is 2.79 bits per heavy atom. The molecule has 0 aliphatic rings. The van der Waals surface area contributed by atoms with Crippen LogP contribution in [0.15, 0.2) is 42.9 Å². The van der Waals surface area contributed by atoms with Gasteiger partial charge in [-0.05, 0) is 12.1 Å². The van der Waals surface area contributed by atoms with Crippen molar-refractivity contribution >= 4 is 22.8 Å². The van der Waals surface area contributed by atoms with E-state index in [2.05, 4.69) is 36.0 Å². The number of rotatable bonds is 5. The molecule has 4 N–H and O–H groups in total. The van der Waals surface area contributed by atoms with Gasteiger partial charge in [-0.15, -0.1) is 0 Å². The lowest BCUT2D eigenvalue weighted by atomic mass is 10.2. The number of carbonyl (C=O) groups excluding carboxylic acids is 1. The standard InChI is InChI=1S/C17H13F2N7O2/c18-12-5-9(24-17(27)22-7-10-8-23-26-25-10)6-13(19)15(12)28-14-2-4-21-16-11(14)1-3-20-16/h1-6,8H,7H2,(H,20,21)(H2,22,24,27)(H,23,25,26). The van der Waals surface area contributed by atoms with Crippen LogP contribution in [0.1, 0.15) is 5.69 Å². The molecule has 4 rings (SSSR count). The van der Waals surface area contributed by atoms with Crippen LogP contribution in [-0.2, 0) is 6.54 Å². The Balaban J connectivity index is 1.48. The lowest BCUT2D eigenvalue weighted by Crippen LogP contribution is -2.28. The number of amides is 2. The first kappa shape index (κ1) is 17.4. The summed E-state index contributed by atoms with van der Waals surface area (Å²) in [6.07, 6.45) is 4.54. The molecular formula is C17H13F2N7O2. The summed E-state index contributed by atoms with van der Waals surface area (Å²) < 4.78 is 34.2. The van der Waals surface area contributed by atoms with Gasteiger partial charge in [-0.25, -0.2) is 18.6 Å². The highest BCUT2D eigenvalue weighted by Gasteiger charge is 2.16. The van der Waals surface area contributed by atoms with Gasteiger partial charge in [-0.2, -0.15) is 15.4 Å². The number of carbonyl (C=O) groups is 1. The summed E-state index contributed by atoms with van der Waals surface area (Å²) in [6, 6.07) is 4.45. The number of anilines is 1. The van der Waals surface area contributed by atoms with Crippen molar-refractivity contribution in [2.45, 2.75) is 6.54 Å². The molecule has 3 aromatic heterocycles. The molecule has 0 radical (unpaired) electrons. The molecule has 0 saturated carbocycles. The monoisotopic (exact) mass is 385 g/mol. The second-order valence-corrected chi connectivity index (χ2v) is 5.69. The number of ether oxygens (including phenoxy) is 1. The van der Waals surface area contributed by atoms with Crippen LogP contribution in [0.4, 0.5) is 19.3 Å². The number of aromatic nitrogens is 5. The lowest BCUT2D eigenvalue weighted by Gasteiger charge is -2.11. The molecule has 0 bridgehead atoms. The van der Waals surface area contributed by atoms with Gasteiger partial charge in [-0.1, -0.05) is 0 Å². The van der Waals surface area contributed by atoms with Crippen LogP contribution in [-0.4, -0.2) is 31.4 Å². The summed E-state index contributed by atoms with van der Waals surface area (Å²) in [5.41, 5.74) is 0.964. The van der Waals surface area contributed by atoms with E-state index in [1.54, 1.807) is 12.3 Å². The molecule has 1 aromatic carbocycles. The van der Waals surface area contributed by atoms with Crippen molar-refractivity contribution in [3.05, 3.63) is 60.2 Å². The van der Waals surface area contributed by atoms with Gasteiger partial charge in [0.25, 0.3) is 0 Å². The van der Waals surface area contributed by atoms with Crippen LogP contribution in [0.2, 0.25) is 0 Å². The van der Waals surface area contributed by atoms with Crippen molar-refractivity contribution < 1.29 is 18.3 Å². The van der Waals surface area contributed by atoms with Crippen molar-refractivity contribution in [1.29, 1.82) is 0 Å². The summed E-state index contributed by atoms with van der Waals surface area (Å²) in [7, 11) is 0. The first-order valence-corrected chi connectivity index (χ1v) is 8.08. The first-order valence-electron chi connectivity index (χ1n) is 8.08.